The first-order chi connectivity index (χ1) is 9.72. The average molecular weight is 279 g/mol. The molecule has 0 N–H and O–H groups in total. The van der Waals surface area contributed by atoms with Crippen LogP contribution < -0.4 is 0 Å². The van der Waals surface area contributed by atoms with Gasteiger partial charge >= 0.3 is 0 Å². The molecule has 1 atom stereocenters. The van der Waals surface area contributed by atoms with Crippen molar-refractivity contribution in [2.75, 3.05) is 26.3 Å². The van der Waals surface area contributed by atoms with Crippen molar-refractivity contribution >= 4 is 5.91 Å². The molecule has 2 aliphatic rings. The van der Waals surface area contributed by atoms with Gasteiger partial charge in [0.2, 0.25) is 0 Å². The highest BCUT2D eigenvalue weighted by Gasteiger charge is 2.43. The minimum Gasteiger partial charge on any atom is -0.459 e. The standard InChI is InChI=1S/C15H21NO4/c1-2-18-12-10-15(20-11-12)5-7-16(8-6-15)14(17)13-4-3-9-19-13/h3-4,9,12H,2,5-8,10-11H2,1H3/t12-/m0/s1. The summed E-state index contributed by atoms with van der Waals surface area (Å²) in [5.74, 6) is 0.393. The number of hydrogen-bond acceptors (Lipinski definition) is 4. The Hall–Kier alpha value is -1.33. The zero-order chi connectivity index (χ0) is 14.0. The molecule has 3 rings (SSSR count). The van der Waals surface area contributed by atoms with Crippen molar-refractivity contribution in [1.82, 2.24) is 4.90 Å². The van der Waals surface area contributed by atoms with Gasteiger partial charge in [-0.15, -0.1) is 0 Å². The second-order valence-electron chi connectivity index (χ2n) is 5.54. The highest BCUT2D eigenvalue weighted by atomic mass is 16.6. The van der Waals surface area contributed by atoms with Crippen molar-refractivity contribution in [2.45, 2.75) is 37.9 Å². The number of hydrogen-bond donors (Lipinski definition) is 0. The van der Waals surface area contributed by atoms with Crippen LogP contribution in [0.2, 0.25) is 0 Å². The zero-order valence-electron chi connectivity index (χ0n) is 11.8. The van der Waals surface area contributed by atoms with E-state index in [1.54, 1.807) is 12.1 Å². The maximum absolute atomic E-state index is 12.2. The molecule has 2 fully saturated rings. The molecule has 1 spiro atoms. The van der Waals surface area contributed by atoms with Crippen LogP contribution in [0, 0.1) is 0 Å². The molecule has 0 bridgehead atoms. The predicted octanol–water partition coefficient (Wildman–Crippen LogP) is 2.08. The lowest BCUT2D eigenvalue weighted by molar-refractivity contribution is -0.0411. The Balaban J connectivity index is 1.56. The van der Waals surface area contributed by atoms with Crippen molar-refractivity contribution in [2.24, 2.45) is 0 Å². The number of furan rings is 1. The van der Waals surface area contributed by atoms with E-state index >= 15 is 0 Å². The highest BCUT2D eigenvalue weighted by Crippen LogP contribution is 2.37. The molecule has 1 aromatic rings. The number of piperidine rings is 1. The summed E-state index contributed by atoms with van der Waals surface area (Å²) in [5.41, 5.74) is -0.0836. The number of amides is 1. The number of nitrogens with zero attached hydrogens (tertiary/aromatic N) is 1. The van der Waals surface area contributed by atoms with E-state index in [0.717, 1.165) is 39.0 Å². The smallest absolute Gasteiger partial charge is 0.289 e. The first kappa shape index (κ1) is 13.6. The average Bonchev–Trinajstić information content (AvgIpc) is 3.10. The predicted molar refractivity (Wildman–Crippen MR) is 72.6 cm³/mol. The summed E-state index contributed by atoms with van der Waals surface area (Å²) in [4.78, 5) is 14.0. The minimum absolute atomic E-state index is 0.0239. The number of carbonyl (C=O) groups excluding carboxylic acids is 1. The first-order valence-electron chi connectivity index (χ1n) is 7.31. The lowest BCUT2D eigenvalue weighted by Gasteiger charge is -2.38. The first-order valence-corrected chi connectivity index (χ1v) is 7.31. The van der Waals surface area contributed by atoms with Gasteiger partial charge in [0.25, 0.3) is 5.91 Å². The maximum atomic E-state index is 12.2. The van der Waals surface area contributed by atoms with Crippen LogP contribution in [0.15, 0.2) is 22.8 Å². The Bertz CT molecular complexity index is 448. The third-order valence-corrected chi connectivity index (χ3v) is 4.27. The quantitative estimate of drug-likeness (QED) is 0.850. The fourth-order valence-corrected chi connectivity index (χ4v) is 3.17. The number of likely N-dealkylation sites (tertiary alicyclic amines) is 1. The summed E-state index contributed by atoms with van der Waals surface area (Å²) >= 11 is 0. The fourth-order valence-electron chi connectivity index (χ4n) is 3.17. The van der Waals surface area contributed by atoms with Crippen LogP contribution in [0.25, 0.3) is 0 Å². The second kappa shape index (κ2) is 5.58. The molecule has 3 heterocycles. The molecule has 20 heavy (non-hydrogen) atoms. The molecular weight excluding hydrogens is 258 g/mol. The van der Waals surface area contributed by atoms with E-state index in [4.69, 9.17) is 13.9 Å². The van der Waals surface area contributed by atoms with Crippen molar-refractivity contribution in [3.05, 3.63) is 24.2 Å². The minimum atomic E-state index is -0.0836. The summed E-state index contributed by atoms with van der Waals surface area (Å²) in [6.07, 6.45) is 4.45. The molecule has 2 aliphatic heterocycles. The summed E-state index contributed by atoms with van der Waals surface area (Å²) in [6.45, 7) is 4.86. The van der Waals surface area contributed by atoms with Gasteiger partial charge in [0, 0.05) is 26.1 Å². The summed E-state index contributed by atoms with van der Waals surface area (Å²) in [7, 11) is 0. The lowest BCUT2D eigenvalue weighted by atomic mass is 9.88. The molecule has 1 amide bonds. The number of carbonyl (C=O) groups is 1. The van der Waals surface area contributed by atoms with E-state index in [1.807, 2.05) is 11.8 Å². The van der Waals surface area contributed by atoms with E-state index in [2.05, 4.69) is 0 Å². The molecule has 0 saturated carbocycles. The van der Waals surface area contributed by atoms with Crippen LogP contribution in [0.5, 0.6) is 0 Å². The van der Waals surface area contributed by atoms with Gasteiger partial charge in [0.15, 0.2) is 5.76 Å². The van der Waals surface area contributed by atoms with Gasteiger partial charge in [-0.25, -0.2) is 0 Å². The summed E-state index contributed by atoms with van der Waals surface area (Å²) < 4.78 is 16.8. The highest BCUT2D eigenvalue weighted by molar-refractivity contribution is 5.91. The molecular formula is C15H21NO4. The van der Waals surface area contributed by atoms with Crippen LogP contribution in [0.1, 0.15) is 36.7 Å². The van der Waals surface area contributed by atoms with Crippen LogP contribution in [0.3, 0.4) is 0 Å². The fraction of sp³-hybridized carbons (Fsp3) is 0.667. The SMILES string of the molecule is CCO[C@@H]1COC2(CCN(C(=O)c3ccco3)CC2)C1. The maximum Gasteiger partial charge on any atom is 0.289 e. The van der Waals surface area contributed by atoms with Crippen LogP contribution in [-0.2, 0) is 9.47 Å². The van der Waals surface area contributed by atoms with Crippen molar-refractivity contribution in [1.29, 1.82) is 0 Å². The number of rotatable bonds is 3. The Kier molecular flexibility index (Phi) is 3.81. The number of ether oxygens (including phenoxy) is 2. The summed E-state index contributed by atoms with van der Waals surface area (Å²) in [5, 5.41) is 0. The van der Waals surface area contributed by atoms with E-state index in [-0.39, 0.29) is 17.6 Å². The summed E-state index contributed by atoms with van der Waals surface area (Å²) in [6, 6.07) is 3.45. The molecule has 2 saturated heterocycles. The van der Waals surface area contributed by atoms with Gasteiger partial charge in [0.1, 0.15) is 0 Å². The molecule has 5 heteroatoms. The van der Waals surface area contributed by atoms with Crippen LogP contribution in [-0.4, -0.2) is 48.8 Å². The lowest BCUT2D eigenvalue weighted by Crippen LogP contribution is -2.46. The monoisotopic (exact) mass is 279 g/mol. The molecule has 110 valence electrons. The van der Waals surface area contributed by atoms with Crippen LogP contribution in [0.4, 0.5) is 0 Å². The second-order valence-corrected chi connectivity index (χ2v) is 5.54. The van der Waals surface area contributed by atoms with Gasteiger partial charge in [-0.2, -0.15) is 0 Å². The van der Waals surface area contributed by atoms with E-state index in [1.165, 1.54) is 6.26 Å². The van der Waals surface area contributed by atoms with E-state index in [0.29, 0.717) is 12.4 Å². The van der Waals surface area contributed by atoms with E-state index in [9.17, 15) is 4.79 Å². The third kappa shape index (κ3) is 2.60. The molecule has 5 nitrogen and oxygen atoms in total. The Labute approximate surface area is 118 Å². The molecule has 0 aliphatic carbocycles. The normalized spacial score (nSPS) is 25.2. The van der Waals surface area contributed by atoms with Gasteiger partial charge in [0.05, 0.1) is 24.6 Å². The van der Waals surface area contributed by atoms with Crippen LogP contribution >= 0.6 is 0 Å². The van der Waals surface area contributed by atoms with Crippen molar-refractivity contribution in [3.63, 3.8) is 0 Å². The van der Waals surface area contributed by atoms with Gasteiger partial charge in [-0.3, -0.25) is 4.79 Å². The molecule has 0 unspecified atom stereocenters. The molecule has 1 aromatic heterocycles. The largest absolute Gasteiger partial charge is 0.459 e. The molecule has 0 radical (unpaired) electrons. The van der Waals surface area contributed by atoms with Gasteiger partial charge in [-0.05, 0) is 31.9 Å². The Morgan fingerprint density at radius 3 is 2.95 bits per heavy atom. The zero-order valence-corrected chi connectivity index (χ0v) is 11.8. The van der Waals surface area contributed by atoms with Gasteiger partial charge in [-0.1, -0.05) is 0 Å². The van der Waals surface area contributed by atoms with Gasteiger partial charge < -0.3 is 18.8 Å². The third-order valence-electron chi connectivity index (χ3n) is 4.27. The van der Waals surface area contributed by atoms with E-state index < -0.39 is 0 Å². The van der Waals surface area contributed by atoms with Crippen molar-refractivity contribution < 1.29 is 18.7 Å². The Morgan fingerprint density at radius 1 is 1.50 bits per heavy atom. The van der Waals surface area contributed by atoms with Crippen molar-refractivity contribution in [3.8, 4) is 0 Å². The molecule has 0 aromatic carbocycles. The Morgan fingerprint density at radius 2 is 2.30 bits per heavy atom. The topological polar surface area (TPSA) is 51.9 Å².